The molecule has 1 saturated heterocycles. The Bertz CT molecular complexity index is 854. The molecule has 0 radical (unpaired) electrons. The molecule has 1 aromatic carbocycles. The molecule has 0 unspecified atom stereocenters. The number of carbonyl (C=O) groups is 1. The summed E-state index contributed by atoms with van der Waals surface area (Å²) in [4.78, 5) is 19.9. The summed E-state index contributed by atoms with van der Waals surface area (Å²) in [5.74, 6) is 1.41. The molecule has 4 rings (SSSR count). The van der Waals surface area contributed by atoms with Gasteiger partial charge in [-0.15, -0.1) is 11.8 Å². The molecular weight excluding hydrogens is 342 g/mol. The zero-order chi connectivity index (χ0) is 16.5. The number of carbonyl (C=O) groups excluding carboxylic acids is 1. The Morgan fingerprint density at radius 3 is 2.92 bits per heavy atom. The van der Waals surface area contributed by atoms with Crippen molar-refractivity contribution in [2.75, 3.05) is 19.3 Å². The smallest absolute Gasteiger partial charge is 0.255 e. The van der Waals surface area contributed by atoms with Crippen LogP contribution >= 0.6 is 23.1 Å². The van der Waals surface area contributed by atoms with Crippen LogP contribution in [-0.2, 0) is 0 Å². The maximum Gasteiger partial charge on any atom is 0.255 e. The number of thioether (sulfide) groups is 1. The Morgan fingerprint density at radius 2 is 2.17 bits per heavy atom. The summed E-state index contributed by atoms with van der Waals surface area (Å²) in [6, 6.07) is 9.67. The van der Waals surface area contributed by atoms with Crippen LogP contribution in [0.15, 0.2) is 50.5 Å². The minimum Gasteiger partial charge on any atom is -0.339 e. The van der Waals surface area contributed by atoms with E-state index in [1.165, 1.54) is 0 Å². The quantitative estimate of drug-likeness (QED) is 0.666. The van der Waals surface area contributed by atoms with Gasteiger partial charge in [0.15, 0.2) is 0 Å². The lowest BCUT2D eigenvalue weighted by atomic mass is 9.98. The van der Waals surface area contributed by atoms with Crippen molar-refractivity contribution < 1.29 is 9.32 Å². The molecule has 1 aliphatic rings. The molecule has 7 heteroatoms. The van der Waals surface area contributed by atoms with Crippen LogP contribution in [0.5, 0.6) is 0 Å². The molecule has 0 aliphatic carbocycles. The van der Waals surface area contributed by atoms with Crippen LogP contribution in [0.1, 0.15) is 22.2 Å². The van der Waals surface area contributed by atoms with E-state index in [-0.39, 0.29) is 11.8 Å². The number of hydrogen-bond donors (Lipinski definition) is 0. The minimum absolute atomic E-state index is 0.0637. The fourth-order valence-corrected chi connectivity index (χ4v) is 3.93. The molecule has 2 aromatic heterocycles. The van der Waals surface area contributed by atoms with Crippen molar-refractivity contribution in [3.8, 4) is 11.4 Å². The van der Waals surface area contributed by atoms with Crippen LogP contribution in [-0.4, -0.2) is 40.3 Å². The fourth-order valence-electron chi connectivity index (χ4n) is 2.70. The maximum atomic E-state index is 12.6. The summed E-state index contributed by atoms with van der Waals surface area (Å²) >= 11 is 3.19. The van der Waals surface area contributed by atoms with Crippen LogP contribution < -0.4 is 0 Å². The summed E-state index contributed by atoms with van der Waals surface area (Å²) < 4.78 is 5.37. The van der Waals surface area contributed by atoms with Gasteiger partial charge >= 0.3 is 0 Å². The molecule has 0 N–H and O–H groups in total. The molecule has 5 nitrogen and oxygen atoms in total. The van der Waals surface area contributed by atoms with E-state index in [2.05, 4.69) is 10.1 Å². The number of rotatable bonds is 4. The van der Waals surface area contributed by atoms with Gasteiger partial charge in [0.2, 0.25) is 11.7 Å². The first kappa shape index (κ1) is 15.4. The largest absolute Gasteiger partial charge is 0.339 e. The first-order chi connectivity index (χ1) is 11.8. The van der Waals surface area contributed by atoms with Crippen molar-refractivity contribution in [3.63, 3.8) is 0 Å². The molecular formula is C17H15N3O2S2. The van der Waals surface area contributed by atoms with Gasteiger partial charge in [0.25, 0.3) is 5.91 Å². The fraction of sp³-hybridized carbons (Fsp3) is 0.235. The van der Waals surface area contributed by atoms with Gasteiger partial charge in [-0.05, 0) is 29.8 Å². The molecule has 122 valence electrons. The van der Waals surface area contributed by atoms with Gasteiger partial charge in [-0.25, -0.2) is 0 Å². The highest BCUT2D eigenvalue weighted by atomic mass is 32.2. The summed E-state index contributed by atoms with van der Waals surface area (Å²) in [5.41, 5.74) is 1.73. The highest BCUT2D eigenvalue weighted by Crippen LogP contribution is 2.31. The van der Waals surface area contributed by atoms with Crippen molar-refractivity contribution >= 4 is 29.0 Å². The van der Waals surface area contributed by atoms with Gasteiger partial charge in [-0.1, -0.05) is 17.3 Å². The number of likely N-dealkylation sites (tertiary alicyclic amines) is 1. The van der Waals surface area contributed by atoms with Crippen molar-refractivity contribution in [1.82, 2.24) is 15.0 Å². The van der Waals surface area contributed by atoms with Gasteiger partial charge in [-0.3, -0.25) is 4.79 Å². The lowest BCUT2D eigenvalue weighted by Gasteiger charge is -2.37. The van der Waals surface area contributed by atoms with Crippen LogP contribution in [0.3, 0.4) is 0 Å². The topological polar surface area (TPSA) is 59.2 Å². The van der Waals surface area contributed by atoms with Crippen molar-refractivity contribution in [2.45, 2.75) is 10.8 Å². The highest BCUT2D eigenvalue weighted by Gasteiger charge is 2.36. The number of aromatic nitrogens is 2. The van der Waals surface area contributed by atoms with Crippen molar-refractivity contribution in [1.29, 1.82) is 0 Å². The summed E-state index contributed by atoms with van der Waals surface area (Å²) in [7, 11) is 0. The van der Waals surface area contributed by atoms with E-state index in [4.69, 9.17) is 4.52 Å². The van der Waals surface area contributed by atoms with Gasteiger partial charge < -0.3 is 9.42 Å². The third-order valence-electron chi connectivity index (χ3n) is 4.08. The summed E-state index contributed by atoms with van der Waals surface area (Å²) in [6.07, 6.45) is 1.98. The number of hydrogen-bond acceptors (Lipinski definition) is 6. The monoisotopic (exact) mass is 357 g/mol. The third kappa shape index (κ3) is 2.74. The van der Waals surface area contributed by atoms with E-state index in [1.54, 1.807) is 23.1 Å². The highest BCUT2D eigenvalue weighted by molar-refractivity contribution is 7.98. The molecule has 1 aliphatic heterocycles. The standard InChI is InChI=1S/C17H15N3O2S2/c1-23-14-5-3-2-4-13(14)17(21)20-8-12(9-20)16-18-15(19-22-16)11-6-7-24-10-11/h2-7,10,12H,8-9H2,1H3. The Kier molecular flexibility index (Phi) is 4.12. The summed E-state index contributed by atoms with van der Waals surface area (Å²) in [6.45, 7) is 1.24. The average molecular weight is 357 g/mol. The molecule has 0 spiro atoms. The molecule has 0 atom stereocenters. The Labute approximate surface area is 147 Å². The predicted octanol–water partition coefficient (Wildman–Crippen LogP) is 3.76. The zero-order valence-corrected chi connectivity index (χ0v) is 14.6. The maximum absolute atomic E-state index is 12.6. The molecule has 0 saturated carbocycles. The van der Waals surface area contributed by atoms with E-state index in [0.29, 0.717) is 24.8 Å². The normalized spacial score (nSPS) is 14.6. The molecule has 3 aromatic rings. The third-order valence-corrected chi connectivity index (χ3v) is 5.56. The van der Waals surface area contributed by atoms with Crippen LogP contribution in [0.25, 0.3) is 11.4 Å². The van der Waals surface area contributed by atoms with Gasteiger partial charge in [-0.2, -0.15) is 16.3 Å². The van der Waals surface area contributed by atoms with E-state index < -0.39 is 0 Å². The number of nitrogens with zero attached hydrogens (tertiary/aromatic N) is 3. The lowest BCUT2D eigenvalue weighted by molar-refractivity contribution is 0.0565. The van der Waals surface area contributed by atoms with Gasteiger partial charge in [0.05, 0.1) is 11.5 Å². The first-order valence-corrected chi connectivity index (χ1v) is 9.71. The number of benzene rings is 1. The molecule has 0 bridgehead atoms. The Balaban J connectivity index is 1.44. The predicted molar refractivity (Wildman–Crippen MR) is 94.5 cm³/mol. The van der Waals surface area contributed by atoms with Crippen molar-refractivity contribution in [2.24, 2.45) is 0 Å². The zero-order valence-electron chi connectivity index (χ0n) is 13.0. The first-order valence-electron chi connectivity index (χ1n) is 7.54. The minimum atomic E-state index is 0.0637. The summed E-state index contributed by atoms with van der Waals surface area (Å²) in [5, 5.41) is 8.01. The number of thiophene rings is 1. The second kappa shape index (κ2) is 6.41. The second-order valence-electron chi connectivity index (χ2n) is 5.58. The molecule has 24 heavy (non-hydrogen) atoms. The number of amides is 1. The molecule has 3 heterocycles. The lowest BCUT2D eigenvalue weighted by Crippen LogP contribution is -2.48. The average Bonchev–Trinajstić information content (AvgIpc) is 3.24. The van der Waals surface area contributed by atoms with Crippen molar-refractivity contribution in [3.05, 3.63) is 52.5 Å². The van der Waals surface area contributed by atoms with Crippen LogP contribution in [0.4, 0.5) is 0 Å². The SMILES string of the molecule is CSc1ccccc1C(=O)N1CC(c2nc(-c3ccsc3)no2)C1. The van der Waals surface area contributed by atoms with Crippen LogP contribution in [0, 0.1) is 0 Å². The Hall–Kier alpha value is -2.12. The van der Waals surface area contributed by atoms with E-state index >= 15 is 0 Å². The van der Waals surface area contributed by atoms with E-state index in [9.17, 15) is 4.79 Å². The van der Waals surface area contributed by atoms with Gasteiger partial charge in [0, 0.05) is 28.9 Å². The van der Waals surface area contributed by atoms with Gasteiger partial charge in [0.1, 0.15) is 0 Å². The Morgan fingerprint density at radius 1 is 1.33 bits per heavy atom. The van der Waals surface area contributed by atoms with E-state index in [1.807, 2.05) is 52.2 Å². The van der Waals surface area contributed by atoms with E-state index in [0.717, 1.165) is 16.0 Å². The molecule has 1 amide bonds. The van der Waals surface area contributed by atoms with Crippen LogP contribution in [0.2, 0.25) is 0 Å². The second-order valence-corrected chi connectivity index (χ2v) is 7.20. The molecule has 1 fully saturated rings.